The van der Waals surface area contributed by atoms with E-state index in [1.807, 2.05) is 32.3 Å². The van der Waals surface area contributed by atoms with Crippen LogP contribution in [0.5, 0.6) is 11.5 Å². The number of carbonyl (C=O) groups is 1. The van der Waals surface area contributed by atoms with Gasteiger partial charge in [0.05, 0.1) is 20.1 Å². The molecule has 0 aliphatic rings. The number of esters is 1. The third kappa shape index (κ3) is 4.84. The van der Waals surface area contributed by atoms with Crippen molar-refractivity contribution in [2.75, 3.05) is 6.61 Å². The first-order valence-corrected chi connectivity index (χ1v) is 7.49. The fourth-order valence-electron chi connectivity index (χ4n) is 2.26. The third-order valence-electron chi connectivity index (χ3n) is 3.27. The van der Waals surface area contributed by atoms with Crippen LogP contribution in [0.1, 0.15) is 30.2 Å². The van der Waals surface area contributed by atoms with Crippen molar-refractivity contribution in [1.29, 1.82) is 0 Å². The molecule has 2 radical (unpaired) electrons. The van der Waals surface area contributed by atoms with Crippen LogP contribution in [0.2, 0.25) is 0 Å². The van der Waals surface area contributed by atoms with E-state index in [9.17, 15) is 4.79 Å². The molecule has 0 fully saturated rings. The van der Waals surface area contributed by atoms with Gasteiger partial charge in [-0.1, -0.05) is 23.2 Å². The molecule has 0 aliphatic heterocycles. The van der Waals surface area contributed by atoms with Gasteiger partial charge >= 0.3 is 5.97 Å². The van der Waals surface area contributed by atoms with E-state index >= 15 is 0 Å². The fourth-order valence-corrected chi connectivity index (χ4v) is 2.26. The Hall–Kier alpha value is -2.31. The first-order valence-electron chi connectivity index (χ1n) is 7.49. The van der Waals surface area contributed by atoms with Crippen molar-refractivity contribution in [2.45, 2.75) is 33.0 Å². The first kappa shape index (κ1) is 17.1. The average molecular weight is 313 g/mol. The number of benzene rings is 1. The van der Waals surface area contributed by atoms with Gasteiger partial charge in [0, 0.05) is 20.2 Å². The Morgan fingerprint density at radius 1 is 1.39 bits per heavy atom. The summed E-state index contributed by atoms with van der Waals surface area (Å²) in [6.07, 6.45) is 3.83. The zero-order valence-corrected chi connectivity index (χ0v) is 13.7. The van der Waals surface area contributed by atoms with Crippen molar-refractivity contribution in [3.63, 3.8) is 0 Å². The van der Waals surface area contributed by atoms with E-state index < -0.39 is 0 Å². The molecule has 120 valence electrons. The highest BCUT2D eigenvalue weighted by Gasteiger charge is 2.13. The average Bonchev–Trinajstić information content (AvgIpc) is 2.91. The minimum Gasteiger partial charge on any atom is -0.490 e. The molecule has 1 aromatic heterocycles. The maximum absolute atomic E-state index is 11.3. The number of carbonyl (C=O) groups excluding carboxylic acids is 1. The SMILES string of the molecule is [B]Cc1cc(C)c(OC(C)=O)c(OCCCc2cn(C)nn2)c1. The predicted molar refractivity (Wildman–Crippen MR) is 86.8 cm³/mol. The second-order valence-corrected chi connectivity index (χ2v) is 5.37. The van der Waals surface area contributed by atoms with Crippen molar-refractivity contribution in [3.8, 4) is 11.5 Å². The maximum Gasteiger partial charge on any atom is 0.308 e. The van der Waals surface area contributed by atoms with E-state index in [4.69, 9.17) is 17.3 Å². The third-order valence-corrected chi connectivity index (χ3v) is 3.27. The van der Waals surface area contributed by atoms with Crippen molar-refractivity contribution >= 4 is 13.8 Å². The lowest BCUT2D eigenvalue weighted by molar-refractivity contribution is -0.132. The molecular weight excluding hydrogens is 293 g/mol. The van der Waals surface area contributed by atoms with Crippen LogP contribution in [0.15, 0.2) is 18.3 Å². The molecule has 2 rings (SSSR count). The van der Waals surface area contributed by atoms with E-state index in [2.05, 4.69) is 10.3 Å². The molecule has 2 aromatic rings. The molecule has 0 amide bonds. The lowest BCUT2D eigenvalue weighted by atomic mass is 9.95. The van der Waals surface area contributed by atoms with Gasteiger partial charge in [-0.05, 0) is 31.4 Å². The number of nitrogens with zero attached hydrogens (tertiary/aromatic N) is 3. The van der Waals surface area contributed by atoms with Crippen LogP contribution in [0, 0.1) is 6.92 Å². The molecule has 0 bridgehead atoms. The Balaban J connectivity index is 2.01. The van der Waals surface area contributed by atoms with Gasteiger partial charge in [0.1, 0.15) is 0 Å². The number of rotatable bonds is 7. The van der Waals surface area contributed by atoms with E-state index in [-0.39, 0.29) is 5.97 Å². The molecule has 0 unspecified atom stereocenters. The van der Waals surface area contributed by atoms with Gasteiger partial charge in [-0.2, -0.15) is 0 Å². The van der Waals surface area contributed by atoms with Crippen LogP contribution in [-0.2, 0) is 24.6 Å². The molecule has 0 aliphatic carbocycles. The van der Waals surface area contributed by atoms with Gasteiger partial charge in [0.15, 0.2) is 11.5 Å². The number of aromatic nitrogens is 3. The number of aryl methyl sites for hydroxylation is 3. The number of hydrogen-bond acceptors (Lipinski definition) is 5. The molecule has 1 heterocycles. The molecule has 23 heavy (non-hydrogen) atoms. The van der Waals surface area contributed by atoms with Crippen LogP contribution in [0.25, 0.3) is 0 Å². The Kier molecular flexibility index (Phi) is 5.79. The van der Waals surface area contributed by atoms with Crippen LogP contribution in [-0.4, -0.2) is 35.4 Å². The normalized spacial score (nSPS) is 10.6. The van der Waals surface area contributed by atoms with Crippen LogP contribution < -0.4 is 9.47 Å². The molecular formula is C16H20BN3O3. The van der Waals surface area contributed by atoms with E-state index in [0.29, 0.717) is 24.4 Å². The Bertz CT molecular complexity index is 685. The van der Waals surface area contributed by atoms with Crippen molar-refractivity contribution in [2.24, 2.45) is 7.05 Å². The Morgan fingerprint density at radius 3 is 2.78 bits per heavy atom. The van der Waals surface area contributed by atoms with E-state index in [1.54, 1.807) is 4.68 Å². The highest BCUT2D eigenvalue weighted by molar-refractivity contribution is 6.08. The quantitative estimate of drug-likeness (QED) is 0.337. The largest absolute Gasteiger partial charge is 0.490 e. The van der Waals surface area contributed by atoms with Gasteiger partial charge in [0.2, 0.25) is 0 Å². The predicted octanol–water partition coefficient (Wildman–Crippen LogP) is 1.73. The Labute approximate surface area is 137 Å². The zero-order chi connectivity index (χ0) is 16.8. The summed E-state index contributed by atoms with van der Waals surface area (Å²) in [6, 6.07) is 3.71. The smallest absolute Gasteiger partial charge is 0.308 e. The van der Waals surface area contributed by atoms with Crippen molar-refractivity contribution in [1.82, 2.24) is 15.0 Å². The van der Waals surface area contributed by atoms with Crippen molar-refractivity contribution in [3.05, 3.63) is 35.2 Å². The monoisotopic (exact) mass is 313 g/mol. The second kappa shape index (κ2) is 7.81. The molecule has 1 aromatic carbocycles. The summed E-state index contributed by atoms with van der Waals surface area (Å²) in [7, 11) is 7.52. The summed E-state index contributed by atoms with van der Waals surface area (Å²) < 4.78 is 12.7. The Morgan fingerprint density at radius 2 is 2.17 bits per heavy atom. The summed E-state index contributed by atoms with van der Waals surface area (Å²) in [4.78, 5) is 11.3. The zero-order valence-electron chi connectivity index (χ0n) is 13.7. The molecule has 6 nitrogen and oxygen atoms in total. The van der Waals surface area contributed by atoms with Gasteiger partial charge < -0.3 is 9.47 Å². The van der Waals surface area contributed by atoms with Crippen LogP contribution in [0.4, 0.5) is 0 Å². The second-order valence-electron chi connectivity index (χ2n) is 5.37. The highest BCUT2D eigenvalue weighted by atomic mass is 16.6. The van der Waals surface area contributed by atoms with Crippen molar-refractivity contribution < 1.29 is 14.3 Å². The number of hydrogen-bond donors (Lipinski definition) is 0. The van der Waals surface area contributed by atoms with E-state index in [0.717, 1.165) is 29.7 Å². The minimum atomic E-state index is -0.377. The van der Waals surface area contributed by atoms with Gasteiger partial charge in [-0.25, -0.2) is 0 Å². The molecule has 0 spiro atoms. The van der Waals surface area contributed by atoms with Crippen LogP contribution >= 0.6 is 0 Å². The highest BCUT2D eigenvalue weighted by Crippen LogP contribution is 2.33. The summed E-state index contributed by atoms with van der Waals surface area (Å²) in [5, 5.41) is 7.92. The summed E-state index contributed by atoms with van der Waals surface area (Å²) >= 11 is 0. The number of ether oxygens (including phenoxy) is 2. The lowest BCUT2D eigenvalue weighted by Crippen LogP contribution is -2.08. The molecule has 0 atom stereocenters. The summed E-state index contributed by atoms with van der Waals surface area (Å²) in [5.41, 5.74) is 2.68. The topological polar surface area (TPSA) is 66.2 Å². The molecule has 0 saturated heterocycles. The van der Waals surface area contributed by atoms with Gasteiger partial charge in [-0.15, -0.1) is 5.10 Å². The molecule has 0 saturated carbocycles. The van der Waals surface area contributed by atoms with Gasteiger partial charge in [-0.3, -0.25) is 9.48 Å². The lowest BCUT2D eigenvalue weighted by Gasteiger charge is -2.15. The standard InChI is InChI=1S/C16H20BN3O3/c1-11-7-13(9-17)8-15(16(11)23-12(2)21)22-6-4-5-14-10-20(3)19-18-14/h7-8,10H,4-6,9H2,1-3H3. The maximum atomic E-state index is 11.3. The summed E-state index contributed by atoms with van der Waals surface area (Å²) in [5.74, 6) is 0.618. The van der Waals surface area contributed by atoms with E-state index in [1.165, 1.54) is 6.92 Å². The van der Waals surface area contributed by atoms with Crippen LogP contribution in [0.3, 0.4) is 0 Å². The minimum absolute atomic E-state index is 0.377. The first-order chi connectivity index (χ1) is 11.0. The van der Waals surface area contributed by atoms with Gasteiger partial charge in [0.25, 0.3) is 0 Å². The fraction of sp³-hybridized carbons (Fsp3) is 0.438. The molecule has 7 heteroatoms. The molecule has 0 N–H and O–H groups in total. The summed E-state index contributed by atoms with van der Waals surface area (Å²) in [6.45, 7) is 3.72.